The Kier molecular flexibility index (Phi) is 5.36. The lowest BCUT2D eigenvalue weighted by molar-refractivity contribution is -0.274. The minimum atomic E-state index is -4.72. The molecule has 1 heterocycles. The molecule has 0 aliphatic carbocycles. The van der Waals surface area contributed by atoms with E-state index in [4.69, 9.17) is 0 Å². The van der Waals surface area contributed by atoms with E-state index >= 15 is 0 Å². The highest BCUT2D eigenvalue weighted by atomic mass is 19.4. The molecule has 3 aromatic rings. The third-order valence-corrected chi connectivity index (χ3v) is 4.75. The first kappa shape index (κ1) is 19.8. The highest BCUT2D eigenvalue weighted by Crippen LogP contribution is 2.29. The van der Waals surface area contributed by atoms with E-state index in [1.165, 1.54) is 12.1 Å². The number of alkyl halides is 3. The second-order valence-electron chi connectivity index (χ2n) is 6.62. The van der Waals surface area contributed by atoms with Gasteiger partial charge in [-0.3, -0.25) is 4.79 Å². The number of carboxylic acids is 1. The van der Waals surface area contributed by atoms with E-state index in [9.17, 15) is 23.1 Å². The van der Waals surface area contributed by atoms with Crippen molar-refractivity contribution in [1.29, 1.82) is 0 Å². The second-order valence-corrected chi connectivity index (χ2v) is 6.62. The zero-order valence-electron chi connectivity index (χ0n) is 15.5. The normalized spacial score (nSPS) is 11.8. The van der Waals surface area contributed by atoms with Gasteiger partial charge in [-0.25, -0.2) is 0 Å². The molecule has 0 saturated carbocycles. The molecule has 0 bridgehead atoms. The van der Waals surface area contributed by atoms with Crippen LogP contribution >= 0.6 is 0 Å². The van der Waals surface area contributed by atoms with Gasteiger partial charge in [0.05, 0.1) is 6.42 Å². The van der Waals surface area contributed by atoms with Crippen molar-refractivity contribution in [3.63, 3.8) is 0 Å². The van der Waals surface area contributed by atoms with Crippen molar-refractivity contribution in [1.82, 2.24) is 4.57 Å². The number of fused-ring (bicyclic) bond motifs is 1. The molecule has 0 aliphatic heterocycles. The number of aryl methyl sites for hydroxylation is 1. The van der Waals surface area contributed by atoms with Gasteiger partial charge in [0.25, 0.3) is 0 Å². The zero-order valence-corrected chi connectivity index (χ0v) is 15.5. The Balaban J connectivity index is 1.98. The van der Waals surface area contributed by atoms with Crippen molar-refractivity contribution in [2.45, 2.75) is 39.6 Å². The fraction of sp³-hybridized carbons (Fsp3) is 0.286. The van der Waals surface area contributed by atoms with Crippen LogP contribution in [0.4, 0.5) is 13.2 Å². The molecule has 0 saturated heterocycles. The van der Waals surface area contributed by atoms with Crippen LogP contribution in [0.15, 0.2) is 42.5 Å². The topological polar surface area (TPSA) is 51.5 Å². The van der Waals surface area contributed by atoms with Crippen molar-refractivity contribution in [2.24, 2.45) is 0 Å². The highest BCUT2D eigenvalue weighted by molar-refractivity contribution is 5.89. The Morgan fingerprint density at radius 3 is 2.32 bits per heavy atom. The number of aromatic nitrogens is 1. The molecular formula is C21H20F3NO3. The Hall–Kier alpha value is -2.96. The SMILES string of the molecule is CCc1ccc2c(c1)c(CC(=O)O)c(C)n2Cc1ccc(OC(F)(F)F)cc1. The van der Waals surface area contributed by atoms with Crippen LogP contribution in [-0.2, 0) is 24.2 Å². The summed E-state index contributed by atoms with van der Waals surface area (Å²) in [4.78, 5) is 11.3. The van der Waals surface area contributed by atoms with Gasteiger partial charge in [0, 0.05) is 23.1 Å². The first-order valence-corrected chi connectivity index (χ1v) is 8.85. The van der Waals surface area contributed by atoms with Crippen LogP contribution in [0.3, 0.4) is 0 Å². The molecule has 2 aromatic carbocycles. The van der Waals surface area contributed by atoms with Gasteiger partial charge in [-0.05, 0) is 54.3 Å². The molecule has 1 aromatic heterocycles. The molecule has 0 radical (unpaired) electrons. The van der Waals surface area contributed by atoms with Gasteiger partial charge in [0.15, 0.2) is 0 Å². The summed E-state index contributed by atoms with van der Waals surface area (Å²) in [6, 6.07) is 11.7. The second kappa shape index (κ2) is 7.58. The van der Waals surface area contributed by atoms with Crippen molar-refractivity contribution in [2.75, 3.05) is 0 Å². The van der Waals surface area contributed by atoms with Crippen molar-refractivity contribution in [3.05, 3.63) is 64.8 Å². The maximum Gasteiger partial charge on any atom is 0.573 e. The molecule has 0 spiro atoms. The standard InChI is InChI=1S/C21H20F3NO3/c1-3-14-6-9-19-18(10-14)17(11-20(26)27)13(2)25(19)12-15-4-7-16(8-5-15)28-21(22,23)24/h4-10H,3,11-12H2,1-2H3,(H,26,27). The van der Waals surface area contributed by atoms with Crippen molar-refractivity contribution < 1.29 is 27.8 Å². The monoisotopic (exact) mass is 391 g/mol. The summed E-state index contributed by atoms with van der Waals surface area (Å²) in [5, 5.41) is 10.2. The van der Waals surface area contributed by atoms with E-state index in [0.717, 1.165) is 39.7 Å². The summed E-state index contributed by atoms with van der Waals surface area (Å²) in [7, 11) is 0. The lowest BCUT2D eigenvalue weighted by Crippen LogP contribution is -2.17. The Morgan fingerprint density at radius 2 is 1.75 bits per heavy atom. The quantitative estimate of drug-likeness (QED) is 0.637. The molecule has 148 valence electrons. The molecule has 0 amide bonds. The van der Waals surface area contributed by atoms with E-state index in [1.807, 2.05) is 36.6 Å². The number of nitrogens with zero attached hydrogens (tertiary/aromatic N) is 1. The average molecular weight is 391 g/mol. The fourth-order valence-electron chi connectivity index (χ4n) is 3.38. The minimum absolute atomic E-state index is 0.0825. The number of ether oxygens (including phenoxy) is 1. The summed E-state index contributed by atoms with van der Waals surface area (Å²) in [6.45, 7) is 4.32. The molecule has 0 aliphatic rings. The maximum atomic E-state index is 12.3. The number of benzene rings is 2. The summed E-state index contributed by atoms with van der Waals surface area (Å²) >= 11 is 0. The molecule has 0 fully saturated rings. The van der Waals surface area contributed by atoms with Gasteiger partial charge < -0.3 is 14.4 Å². The lowest BCUT2D eigenvalue weighted by Gasteiger charge is -2.11. The predicted octanol–water partition coefficient (Wildman–Crippen LogP) is 5.09. The minimum Gasteiger partial charge on any atom is -0.481 e. The summed E-state index contributed by atoms with van der Waals surface area (Å²) < 4.78 is 42.8. The van der Waals surface area contributed by atoms with Gasteiger partial charge >= 0.3 is 12.3 Å². The Morgan fingerprint density at radius 1 is 1.11 bits per heavy atom. The van der Waals surface area contributed by atoms with Crippen molar-refractivity contribution in [3.8, 4) is 5.75 Å². The number of halogens is 3. The van der Waals surface area contributed by atoms with Gasteiger partial charge in [0.2, 0.25) is 0 Å². The molecule has 4 nitrogen and oxygen atoms in total. The van der Waals surface area contributed by atoms with E-state index in [1.54, 1.807) is 12.1 Å². The van der Waals surface area contributed by atoms with E-state index in [-0.39, 0.29) is 12.2 Å². The maximum absolute atomic E-state index is 12.3. The van der Waals surface area contributed by atoms with E-state index in [2.05, 4.69) is 4.74 Å². The first-order valence-electron chi connectivity index (χ1n) is 8.85. The smallest absolute Gasteiger partial charge is 0.481 e. The number of aliphatic carboxylic acids is 1. The first-order chi connectivity index (χ1) is 13.2. The third kappa shape index (κ3) is 4.30. The van der Waals surface area contributed by atoms with Gasteiger partial charge in [-0.2, -0.15) is 0 Å². The average Bonchev–Trinajstić information content (AvgIpc) is 2.86. The molecule has 28 heavy (non-hydrogen) atoms. The fourth-order valence-corrected chi connectivity index (χ4v) is 3.38. The molecule has 0 atom stereocenters. The predicted molar refractivity (Wildman–Crippen MR) is 99.6 cm³/mol. The van der Waals surface area contributed by atoms with Crippen LogP contribution in [0.25, 0.3) is 10.9 Å². The molecule has 7 heteroatoms. The Bertz CT molecular complexity index is 1000. The largest absolute Gasteiger partial charge is 0.573 e. The number of rotatable bonds is 6. The van der Waals surface area contributed by atoms with E-state index in [0.29, 0.717) is 6.54 Å². The number of carboxylic acid groups (broad SMARTS) is 1. The lowest BCUT2D eigenvalue weighted by atomic mass is 10.0. The number of hydrogen-bond acceptors (Lipinski definition) is 2. The molecule has 1 N–H and O–H groups in total. The van der Waals surface area contributed by atoms with Crippen molar-refractivity contribution >= 4 is 16.9 Å². The molecule has 0 unspecified atom stereocenters. The highest BCUT2D eigenvalue weighted by Gasteiger charge is 2.31. The molecule has 3 rings (SSSR count). The van der Waals surface area contributed by atoms with Gasteiger partial charge in [-0.1, -0.05) is 25.1 Å². The van der Waals surface area contributed by atoms with E-state index < -0.39 is 12.3 Å². The van der Waals surface area contributed by atoms with Crippen LogP contribution in [-0.4, -0.2) is 22.0 Å². The van der Waals surface area contributed by atoms with Crippen LogP contribution in [0.5, 0.6) is 5.75 Å². The third-order valence-electron chi connectivity index (χ3n) is 4.75. The summed E-state index contributed by atoms with van der Waals surface area (Å²) in [5.74, 6) is -1.18. The Labute approximate surface area is 160 Å². The summed E-state index contributed by atoms with van der Waals surface area (Å²) in [6.07, 6.45) is -3.97. The van der Waals surface area contributed by atoms with Gasteiger partial charge in [0.1, 0.15) is 5.75 Å². The van der Waals surface area contributed by atoms with Crippen LogP contribution in [0.2, 0.25) is 0 Å². The van der Waals surface area contributed by atoms with Gasteiger partial charge in [-0.15, -0.1) is 13.2 Å². The zero-order chi connectivity index (χ0) is 20.5. The number of hydrogen-bond donors (Lipinski definition) is 1. The van der Waals surface area contributed by atoms with Crippen LogP contribution in [0.1, 0.15) is 29.3 Å². The number of carbonyl (C=O) groups is 1. The van der Waals surface area contributed by atoms with Crippen LogP contribution in [0, 0.1) is 6.92 Å². The summed E-state index contributed by atoms with van der Waals surface area (Å²) in [5.41, 5.74) is 4.40. The van der Waals surface area contributed by atoms with Crippen LogP contribution < -0.4 is 4.74 Å². The molecular weight excluding hydrogens is 371 g/mol.